The highest BCUT2D eigenvalue weighted by Crippen LogP contribution is 2.40. The lowest BCUT2D eigenvalue weighted by Crippen LogP contribution is -2.19. The predicted molar refractivity (Wildman–Crippen MR) is 85.3 cm³/mol. The topological polar surface area (TPSA) is 26.0 Å². The lowest BCUT2D eigenvalue weighted by molar-refractivity contribution is 0.416. The van der Waals surface area contributed by atoms with E-state index in [0.717, 1.165) is 16.1 Å². The van der Waals surface area contributed by atoms with E-state index in [1.807, 2.05) is 19.1 Å². The van der Waals surface area contributed by atoms with Gasteiger partial charge < -0.3 is 5.73 Å². The first-order chi connectivity index (χ1) is 9.68. The van der Waals surface area contributed by atoms with Crippen LogP contribution in [-0.2, 0) is 0 Å². The van der Waals surface area contributed by atoms with Crippen LogP contribution in [0.5, 0.6) is 0 Å². The second kappa shape index (κ2) is 5.59. The predicted octanol–water partition coefficient (Wildman–Crippen LogP) is 4.96. The molecule has 1 aliphatic rings. The van der Waals surface area contributed by atoms with Crippen LogP contribution in [0.1, 0.15) is 53.5 Å². The van der Waals surface area contributed by atoms with Crippen LogP contribution in [-0.4, -0.2) is 0 Å². The average Bonchev–Trinajstić information content (AvgIpc) is 2.40. The normalized spacial score (nSPS) is 16.8. The van der Waals surface area contributed by atoms with Crippen LogP contribution in [0, 0.1) is 6.92 Å². The lowest BCUT2D eigenvalue weighted by atomic mass is 9.76. The molecule has 1 saturated carbocycles. The number of rotatable bonds is 3. The fourth-order valence-electron chi connectivity index (χ4n) is 3.01. The number of hydrogen-bond acceptors (Lipinski definition) is 1. The van der Waals surface area contributed by atoms with E-state index in [0.29, 0.717) is 5.92 Å². The second-order valence-electron chi connectivity index (χ2n) is 5.69. The van der Waals surface area contributed by atoms with Crippen molar-refractivity contribution in [3.63, 3.8) is 0 Å². The number of nitrogens with two attached hydrogens (primary N) is 1. The van der Waals surface area contributed by atoms with Crippen molar-refractivity contribution in [1.82, 2.24) is 0 Å². The summed E-state index contributed by atoms with van der Waals surface area (Å²) in [5.74, 6) is 0.691. The van der Waals surface area contributed by atoms with Crippen molar-refractivity contribution in [3.8, 4) is 0 Å². The van der Waals surface area contributed by atoms with Gasteiger partial charge in [-0.05, 0) is 54.0 Å². The summed E-state index contributed by atoms with van der Waals surface area (Å²) >= 11 is 6.23. The maximum absolute atomic E-state index is 6.54. The molecule has 0 aliphatic heterocycles. The molecule has 20 heavy (non-hydrogen) atoms. The van der Waals surface area contributed by atoms with E-state index in [1.165, 1.54) is 30.4 Å². The van der Waals surface area contributed by atoms with Crippen molar-refractivity contribution in [2.24, 2.45) is 5.73 Å². The summed E-state index contributed by atoms with van der Waals surface area (Å²) in [6, 6.07) is 14.5. The van der Waals surface area contributed by atoms with Crippen molar-refractivity contribution in [2.75, 3.05) is 0 Å². The number of benzene rings is 2. The molecule has 2 heteroatoms. The quantitative estimate of drug-likeness (QED) is 0.847. The van der Waals surface area contributed by atoms with Crippen LogP contribution in [0.2, 0.25) is 5.02 Å². The zero-order chi connectivity index (χ0) is 14.1. The van der Waals surface area contributed by atoms with Gasteiger partial charge in [-0.2, -0.15) is 0 Å². The molecule has 0 amide bonds. The summed E-state index contributed by atoms with van der Waals surface area (Å²) in [6.45, 7) is 2.05. The Morgan fingerprint density at radius 2 is 1.75 bits per heavy atom. The van der Waals surface area contributed by atoms with Crippen molar-refractivity contribution in [1.29, 1.82) is 0 Å². The number of halogens is 1. The standard InChI is InChI=1S/C18H20ClN/c1-12-14(10-5-11-17(12)19)18(20)16-9-3-2-8-15(16)13-6-4-7-13/h2-3,5,8-11,13,18H,4,6-7,20H2,1H3. The van der Waals surface area contributed by atoms with Gasteiger partial charge in [-0.3, -0.25) is 0 Å². The van der Waals surface area contributed by atoms with Gasteiger partial charge in [0.2, 0.25) is 0 Å². The van der Waals surface area contributed by atoms with Crippen LogP contribution in [0.3, 0.4) is 0 Å². The van der Waals surface area contributed by atoms with Crippen LogP contribution in [0.4, 0.5) is 0 Å². The monoisotopic (exact) mass is 285 g/mol. The highest BCUT2D eigenvalue weighted by Gasteiger charge is 2.24. The van der Waals surface area contributed by atoms with Gasteiger partial charge in [0.1, 0.15) is 0 Å². The maximum Gasteiger partial charge on any atom is 0.0557 e. The summed E-state index contributed by atoms with van der Waals surface area (Å²) in [7, 11) is 0. The molecular weight excluding hydrogens is 266 g/mol. The zero-order valence-corrected chi connectivity index (χ0v) is 12.5. The number of hydrogen-bond donors (Lipinski definition) is 1. The largest absolute Gasteiger partial charge is 0.320 e. The molecule has 1 aliphatic carbocycles. The van der Waals surface area contributed by atoms with E-state index in [9.17, 15) is 0 Å². The third kappa shape index (κ3) is 2.36. The first-order valence-corrected chi connectivity index (χ1v) is 7.65. The third-order valence-electron chi connectivity index (χ3n) is 4.52. The van der Waals surface area contributed by atoms with Gasteiger partial charge in [-0.25, -0.2) is 0 Å². The van der Waals surface area contributed by atoms with Crippen LogP contribution >= 0.6 is 11.6 Å². The third-order valence-corrected chi connectivity index (χ3v) is 4.93. The minimum Gasteiger partial charge on any atom is -0.320 e. The Hall–Kier alpha value is -1.31. The van der Waals surface area contributed by atoms with E-state index in [4.69, 9.17) is 17.3 Å². The van der Waals surface area contributed by atoms with Gasteiger partial charge in [-0.1, -0.05) is 54.4 Å². The zero-order valence-electron chi connectivity index (χ0n) is 11.8. The van der Waals surface area contributed by atoms with E-state index in [1.54, 1.807) is 0 Å². The second-order valence-corrected chi connectivity index (χ2v) is 6.10. The molecule has 1 nitrogen and oxygen atoms in total. The molecule has 2 aromatic rings. The fourth-order valence-corrected chi connectivity index (χ4v) is 3.20. The summed E-state index contributed by atoms with van der Waals surface area (Å²) in [6.07, 6.45) is 3.92. The molecule has 2 aromatic carbocycles. The molecule has 0 radical (unpaired) electrons. The van der Waals surface area contributed by atoms with Gasteiger partial charge in [0, 0.05) is 5.02 Å². The molecule has 3 rings (SSSR count). The molecule has 1 fully saturated rings. The molecule has 1 unspecified atom stereocenters. The van der Waals surface area contributed by atoms with Gasteiger partial charge in [0.05, 0.1) is 6.04 Å². The molecule has 0 bridgehead atoms. The van der Waals surface area contributed by atoms with Crippen LogP contribution in [0.25, 0.3) is 0 Å². The minimum absolute atomic E-state index is 0.0921. The molecule has 0 aromatic heterocycles. The fraction of sp³-hybridized carbons (Fsp3) is 0.333. The SMILES string of the molecule is Cc1c(Cl)cccc1C(N)c1ccccc1C1CCC1. The molecule has 0 saturated heterocycles. The van der Waals surface area contributed by atoms with Gasteiger partial charge in [0.15, 0.2) is 0 Å². The van der Waals surface area contributed by atoms with E-state index < -0.39 is 0 Å². The highest BCUT2D eigenvalue weighted by molar-refractivity contribution is 6.31. The molecule has 1 atom stereocenters. The molecular formula is C18H20ClN. The Kier molecular flexibility index (Phi) is 3.82. The molecule has 104 valence electrons. The summed E-state index contributed by atoms with van der Waals surface area (Å²) in [5, 5.41) is 0.791. The lowest BCUT2D eigenvalue weighted by Gasteiger charge is -2.30. The smallest absolute Gasteiger partial charge is 0.0557 e. The Morgan fingerprint density at radius 3 is 2.45 bits per heavy atom. The molecule has 2 N–H and O–H groups in total. The van der Waals surface area contributed by atoms with Crippen molar-refractivity contribution in [2.45, 2.75) is 38.1 Å². The maximum atomic E-state index is 6.54. The minimum atomic E-state index is -0.0921. The summed E-state index contributed by atoms with van der Waals surface area (Å²) in [4.78, 5) is 0. The van der Waals surface area contributed by atoms with Crippen molar-refractivity contribution < 1.29 is 0 Å². The van der Waals surface area contributed by atoms with E-state index in [2.05, 4.69) is 30.3 Å². The Morgan fingerprint density at radius 1 is 1.05 bits per heavy atom. The van der Waals surface area contributed by atoms with Crippen molar-refractivity contribution >= 4 is 11.6 Å². The summed E-state index contributed by atoms with van der Waals surface area (Å²) in [5.41, 5.74) is 11.4. The van der Waals surface area contributed by atoms with Crippen LogP contribution in [0.15, 0.2) is 42.5 Å². The summed E-state index contributed by atoms with van der Waals surface area (Å²) < 4.78 is 0. The highest BCUT2D eigenvalue weighted by atomic mass is 35.5. The Bertz CT molecular complexity index is 617. The first-order valence-electron chi connectivity index (χ1n) is 7.28. The van der Waals surface area contributed by atoms with E-state index in [-0.39, 0.29) is 6.04 Å². The van der Waals surface area contributed by atoms with Crippen molar-refractivity contribution in [3.05, 3.63) is 69.7 Å². The van der Waals surface area contributed by atoms with Gasteiger partial charge >= 0.3 is 0 Å². The van der Waals surface area contributed by atoms with E-state index >= 15 is 0 Å². The van der Waals surface area contributed by atoms with Crippen LogP contribution < -0.4 is 5.73 Å². The van der Waals surface area contributed by atoms with Gasteiger partial charge in [0.25, 0.3) is 0 Å². The Labute approximate surface area is 125 Å². The van der Waals surface area contributed by atoms with Gasteiger partial charge in [-0.15, -0.1) is 0 Å². The molecule has 0 spiro atoms. The average molecular weight is 286 g/mol. The Balaban J connectivity index is 2.02. The first kappa shape index (κ1) is 13.7. The molecule has 0 heterocycles.